The predicted octanol–water partition coefficient (Wildman–Crippen LogP) is 3.37. The van der Waals surface area contributed by atoms with Crippen LogP contribution in [0.15, 0.2) is 48.5 Å². The molecule has 33 nitrogen and oxygen atoms in total. The number of aryl methyl sites for hydroxylation is 3. The molecule has 3 unspecified atom stereocenters. The molecule has 4 aromatic rings. The summed E-state index contributed by atoms with van der Waals surface area (Å²) in [5, 5.41) is 3.38. The SMILES string of the molecule is COCCOCC(COCCOC)OCC(COC(COCCOC)COCOC)Oc1ccc2c(c1)c(C(=O)Oc1c(C)cc(C(=O)NCCOCCOCCN)cc1C)c1cc(OC(COC(COCCOC)COCCOC)OC(COCCOC)COCCOC)ccc1[n+]2CCCS(=O)(=O)O. The van der Waals surface area contributed by atoms with E-state index in [4.69, 9.17) is 124 Å². The molecule has 34 heteroatoms. The monoisotopic (exact) mass is 1540 g/mol. The van der Waals surface area contributed by atoms with Crippen LogP contribution in [0.25, 0.3) is 21.8 Å². The molecule has 0 spiro atoms. The number of methoxy groups -OCH3 is 8. The molecule has 1 aromatic heterocycles. The van der Waals surface area contributed by atoms with Gasteiger partial charge in [0.15, 0.2) is 6.54 Å². The van der Waals surface area contributed by atoms with Crippen molar-refractivity contribution in [1.29, 1.82) is 0 Å². The van der Waals surface area contributed by atoms with Gasteiger partial charge in [0.05, 0.1) is 207 Å². The van der Waals surface area contributed by atoms with Crippen LogP contribution >= 0.6 is 0 Å². The van der Waals surface area contributed by atoms with E-state index in [1.165, 1.54) is 7.11 Å². The molecule has 4 rings (SSSR count). The van der Waals surface area contributed by atoms with Gasteiger partial charge in [0.1, 0.15) is 61.2 Å². The smallest absolute Gasteiger partial charge is 0.345 e. The summed E-state index contributed by atoms with van der Waals surface area (Å²) in [7, 11) is 8.02. The lowest BCUT2D eigenvalue weighted by Gasteiger charge is -2.27. The summed E-state index contributed by atoms with van der Waals surface area (Å²) >= 11 is 0. The maximum atomic E-state index is 15.9. The van der Waals surface area contributed by atoms with Gasteiger partial charge in [-0.3, -0.25) is 9.35 Å². The van der Waals surface area contributed by atoms with Gasteiger partial charge in [0, 0.05) is 94.1 Å². The maximum Gasteiger partial charge on any atom is 0.345 e. The summed E-state index contributed by atoms with van der Waals surface area (Å²) in [4.78, 5) is 29.6. The topological polar surface area (TPSA) is 361 Å². The molecule has 0 aliphatic heterocycles. The molecule has 0 aliphatic carbocycles. The molecule has 1 amide bonds. The second-order valence-electron chi connectivity index (χ2n) is 23.8. The lowest BCUT2D eigenvalue weighted by molar-refractivity contribution is -0.645. The van der Waals surface area contributed by atoms with Crippen LogP contribution < -0.4 is 29.8 Å². The summed E-state index contributed by atoms with van der Waals surface area (Å²) in [6, 6.07) is 13.3. The van der Waals surface area contributed by atoms with Gasteiger partial charge in [-0.15, -0.1) is 0 Å². The fourth-order valence-corrected chi connectivity index (χ4v) is 10.6. The third-order valence-corrected chi connectivity index (χ3v) is 16.0. The Kier molecular flexibility index (Phi) is 50.9. The van der Waals surface area contributed by atoms with Gasteiger partial charge >= 0.3 is 5.97 Å². The Morgan fingerprint density at radius 3 is 1.29 bits per heavy atom. The lowest BCUT2D eigenvalue weighted by Crippen LogP contribution is -2.39. The minimum absolute atomic E-state index is 0.00114. The van der Waals surface area contributed by atoms with E-state index >= 15 is 4.79 Å². The number of carbonyl (C=O) groups excluding carboxylic acids is 2. The van der Waals surface area contributed by atoms with Crippen LogP contribution in [-0.2, 0) is 121 Å². The van der Waals surface area contributed by atoms with Crippen molar-refractivity contribution in [2.24, 2.45) is 5.73 Å². The van der Waals surface area contributed by atoms with Crippen molar-refractivity contribution in [3.05, 3.63) is 70.8 Å². The zero-order chi connectivity index (χ0) is 76.8. The van der Waals surface area contributed by atoms with E-state index in [0.29, 0.717) is 100 Å². The molecular formula is C72H118N3O30S+. The molecule has 606 valence electrons. The van der Waals surface area contributed by atoms with Gasteiger partial charge < -0.3 is 129 Å². The fraction of sp³-hybridized carbons (Fsp3) is 0.708. The Hall–Kier alpha value is -5.14. The van der Waals surface area contributed by atoms with E-state index in [1.807, 2.05) is 4.57 Å². The van der Waals surface area contributed by atoms with Gasteiger partial charge in [-0.25, -0.2) is 4.79 Å². The fourth-order valence-electron chi connectivity index (χ4n) is 10.1. The minimum Gasteiger partial charge on any atom is -0.486 e. The number of hydrogen-bond acceptors (Lipinski definition) is 30. The van der Waals surface area contributed by atoms with Crippen molar-refractivity contribution in [3.63, 3.8) is 0 Å². The van der Waals surface area contributed by atoms with Crippen LogP contribution in [0.5, 0.6) is 17.2 Å². The highest BCUT2D eigenvalue weighted by molar-refractivity contribution is 7.85. The zero-order valence-electron chi connectivity index (χ0n) is 63.6. The number of ether oxygens (including phenoxy) is 25. The Labute approximate surface area is 623 Å². The quantitative estimate of drug-likeness (QED) is 0.0108. The molecule has 106 heavy (non-hydrogen) atoms. The summed E-state index contributed by atoms with van der Waals surface area (Å²) < 4.78 is 184. The van der Waals surface area contributed by atoms with E-state index in [2.05, 4.69) is 5.32 Å². The van der Waals surface area contributed by atoms with Crippen molar-refractivity contribution >= 4 is 43.8 Å². The Balaban J connectivity index is 2.04. The van der Waals surface area contributed by atoms with E-state index < -0.39 is 58.7 Å². The number of nitrogens with zero attached hydrogens (tertiary/aromatic N) is 1. The highest BCUT2D eigenvalue weighted by Gasteiger charge is 2.31. The van der Waals surface area contributed by atoms with Crippen molar-refractivity contribution in [1.82, 2.24) is 5.32 Å². The highest BCUT2D eigenvalue weighted by atomic mass is 32.2. The third kappa shape index (κ3) is 39.0. The third-order valence-electron chi connectivity index (χ3n) is 15.2. The highest BCUT2D eigenvalue weighted by Crippen LogP contribution is 2.34. The molecule has 3 aromatic carbocycles. The normalized spacial score (nSPS) is 12.9. The lowest BCUT2D eigenvalue weighted by atomic mass is 10.0. The number of fused-ring (bicyclic) bond motifs is 2. The number of carbonyl (C=O) groups is 2. The summed E-state index contributed by atoms with van der Waals surface area (Å²) in [6.45, 7) is 9.81. The molecule has 3 atom stereocenters. The largest absolute Gasteiger partial charge is 0.486 e. The van der Waals surface area contributed by atoms with Crippen LogP contribution in [0.3, 0.4) is 0 Å². The zero-order valence-corrected chi connectivity index (χ0v) is 64.4. The molecule has 4 N–H and O–H groups in total. The van der Waals surface area contributed by atoms with Crippen LogP contribution in [0.4, 0.5) is 0 Å². The van der Waals surface area contributed by atoms with Crippen LogP contribution in [0, 0.1) is 13.8 Å². The number of esters is 1. The molecule has 0 fully saturated rings. The first-order chi connectivity index (χ1) is 51.6. The second kappa shape index (κ2) is 57.9. The minimum atomic E-state index is -4.46. The number of pyridine rings is 1. The first kappa shape index (κ1) is 93.2. The Morgan fingerprint density at radius 2 is 0.868 bits per heavy atom. The first-order valence-electron chi connectivity index (χ1n) is 35.3. The van der Waals surface area contributed by atoms with Crippen LogP contribution in [-0.4, -0.2) is 336 Å². The number of nitrogens with two attached hydrogens (primary N) is 1. The van der Waals surface area contributed by atoms with E-state index in [9.17, 15) is 17.8 Å². The molecule has 0 bridgehead atoms. The van der Waals surface area contributed by atoms with E-state index in [0.717, 1.165) is 0 Å². The molecule has 0 saturated carbocycles. The van der Waals surface area contributed by atoms with Gasteiger partial charge in [-0.1, -0.05) is 0 Å². The molecule has 0 radical (unpaired) electrons. The molecule has 0 saturated heterocycles. The molecular weight excluding hydrogens is 1420 g/mol. The van der Waals surface area contributed by atoms with Gasteiger partial charge in [-0.2, -0.15) is 13.0 Å². The standard InChI is InChI=1S/C72H117N3O30S/c1-54-38-56(71(76)74-17-20-90-36-35-89-19-16-73)39-55(2)70(54)105-72(77)69-64-40-57(102-63(51-100-61(47-98-53-88-10)46-95-32-25-85-7)50-99-59(42-91-28-21-81-3)43-92-29-22-82-4)12-14-66(64)75(18-11-37-106(78,79)80)67-15-13-58(41-65(67)69)103-68(104-62(48-96-33-26-86-8)49-97-34-27-87-9)52-101-60(44-93-30-23-83-5)45-94-31-24-84-6/h12-15,38-41,59-63,68H,11,16-37,42-53,73H2,1-10H3,(H-,74,76,78,79,80)/p+1. The average Bonchev–Trinajstić information content (AvgIpc) is 0.739. The van der Waals surface area contributed by atoms with E-state index in [1.54, 1.807) is 112 Å². The van der Waals surface area contributed by atoms with Crippen molar-refractivity contribution in [3.8, 4) is 17.2 Å². The maximum absolute atomic E-state index is 15.9. The average molecular weight is 1540 g/mol. The second-order valence-corrected chi connectivity index (χ2v) is 25.4. The number of hydrogen-bond donors (Lipinski definition) is 3. The Morgan fingerprint density at radius 1 is 0.462 bits per heavy atom. The number of rotatable bonds is 69. The van der Waals surface area contributed by atoms with Gasteiger partial charge in [0.25, 0.3) is 16.0 Å². The number of benzene rings is 3. The number of nitrogens with one attached hydrogen (secondary N) is 1. The number of amides is 1. The van der Waals surface area contributed by atoms with Crippen LogP contribution in [0.2, 0.25) is 0 Å². The summed E-state index contributed by atoms with van der Waals surface area (Å²) in [5.74, 6) is -1.29. The van der Waals surface area contributed by atoms with Crippen molar-refractivity contribution < 1.29 is 146 Å². The van der Waals surface area contributed by atoms with Crippen molar-refractivity contribution in [2.45, 2.75) is 63.6 Å². The first-order valence-corrected chi connectivity index (χ1v) is 36.9. The van der Waals surface area contributed by atoms with Gasteiger partial charge in [-0.05, 0) is 61.4 Å². The van der Waals surface area contributed by atoms with E-state index in [-0.39, 0.29) is 191 Å². The Bertz CT molecular complexity index is 3030. The van der Waals surface area contributed by atoms with Gasteiger partial charge in [0.2, 0.25) is 17.3 Å². The van der Waals surface area contributed by atoms with Crippen LogP contribution in [0.1, 0.15) is 38.3 Å². The summed E-state index contributed by atoms with van der Waals surface area (Å²) in [5.41, 5.74) is 7.55. The summed E-state index contributed by atoms with van der Waals surface area (Å²) in [6.07, 6.45) is -4.86. The van der Waals surface area contributed by atoms with Crippen molar-refractivity contribution in [2.75, 3.05) is 274 Å². The predicted molar refractivity (Wildman–Crippen MR) is 386 cm³/mol. The molecule has 1 heterocycles. The number of aromatic nitrogens is 1. The molecule has 0 aliphatic rings.